The number of hydrogen-bond donors (Lipinski definition) is 1. The fraction of sp³-hybridized carbons (Fsp3) is 0.0667. The lowest BCUT2D eigenvalue weighted by Gasteiger charge is -1.99. The molecule has 3 rings (SSSR count). The van der Waals surface area contributed by atoms with E-state index in [-0.39, 0.29) is 5.56 Å². The maximum Gasteiger partial charge on any atom is 0.335 e. The molecule has 2 aromatic heterocycles. The van der Waals surface area contributed by atoms with Crippen molar-refractivity contribution >= 4 is 27.4 Å². The molecule has 0 aliphatic heterocycles. The summed E-state index contributed by atoms with van der Waals surface area (Å²) in [5.74, 6) is -0.147. The highest BCUT2D eigenvalue weighted by atomic mass is 32.1. The number of benzene rings is 1. The van der Waals surface area contributed by atoms with Gasteiger partial charge < -0.3 is 9.84 Å². The summed E-state index contributed by atoms with van der Waals surface area (Å²) in [6.07, 6.45) is 1.51. The number of carboxylic acids is 1. The summed E-state index contributed by atoms with van der Waals surface area (Å²) in [7, 11) is 1.63. The second-order valence-electron chi connectivity index (χ2n) is 4.22. The first-order valence-electron chi connectivity index (χ1n) is 5.95. The zero-order valence-electron chi connectivity index (χ0n) is 10.7. The third kappa shape index (κ3) is 2.12. The zero-order valence-corrected chi connectivity index (χ0v) is 11.5. The Morgan fingerprint density at radius 2 is 2.15 bits per heavy atom. The molecule has 0 amide bonds. The van der Waals surface area contributed by atoms with E-state index in [1.165, 1.54) is 12.3 Å². The molecule has 20 heavy (non-hydrogen) atoms. The van der Waals surface area contributed by atoms with Crippen LogP contribution in [0.15, 0.2) is 42.6 Å². The van der Waals surface area contributed by atoms with Gasteiger partial charge in [0.05, 0.1) is 23.2 Å². The van der Waals surface area contributed by atoms with Crippen molar-refractivity contribution in [2.45, 2.75) is 0 Å². The van der Waals surface area contributed by atoms with Gasteiger partial charge in [-0.2, -0.15) is 0 Å². The van der Waals surface area contributed by atoms with Gasteiger partial charge in [0.25, 0.3) is 0 Å². The van der Waals surface area contributed by atoms with Gasteiger partial charge >= 0.3 is 5.97 Å². The molecule has 2 heterocycles. The van der Waals surface area contributed by atoms with Crippen LogP contribution in [-0.2, 0) is 0 Å². The van der Waals surface area contributed by atoms with E-state index in [4.69, 9.17) is 9.84 Å². The third-order valence-corrected chi connectivity index (χ3v) is 4.12. The van der Waals surface area contributed by atoms with Gasteiger partial charge in [-0.1, -0.05) is 6.07 Å². The molecule has 4 nitrogen and oxygen atoms in total. The quantitative estimate of drug-likeness (QED) is 0.797. The average Bonchev–Trinajstić information content (AvgIpc) is 2.91. The summed E-state index contributed by atoms with van der Waals surface area (Å²) < 4.78 is 6.42. The lowest BCUT2D eigenvalue weighted by Crippen LogP contribution is -1.96. The van der Waals surface area contributed by atoms with Crippen LogP contribution in [0.3, 0.4) is 0 Å². The lowest BCUT2D eigenvalue weighted by atomic mass is 10.2. The van der Waals surface area contributed by atoms with E-state index in [0.717, 1.165) is 20.7 Å². The van der Waals surface area contributed by atoms with Crippen LogP contribution in [0, 0.1) is 0 Å². The van der Waals surface area contributed by atoms with Gasteiger partial charge in [0.15, 0.2) is 0 Å². The fourth-order valence-electron chi connectivity index (χ4n) is 2.04. The molecule has 1 aromatic carbocycles. The van der Waals surface area contributed by atoms with Crippen LogP contribution in [-0.4, -0.2) is 23.2 Å². The van der Waals surface area contributed by atoms with Crippen molar-refractivity contribution in [3.63, 3.8) is 0 Å². The number of fused-ring (bicyclic) bond motifs is 1. The van der Waals surface area contributed by atoms with Crippen molar-refractivity contribution < 1.29 is 14.6 Å². The minimum Gasteiger partial charge on any atom is -0.496 e. The van der Waals surface area contributed by atoms with E-state index in [9.17, 15) is 4.79 Å². The number of rotatable bonds is 3. The summed E-state index contributed by atoms with van der Waals surface area (Å²) in [6, 6.07) is 10.9. The second kappa shape index (κ2) is 4.94. The van der Waals surface area contributed by atoms with Crippen LogP contribution >= 0.6 is 11.3 Å². The molecule has 0 bridgehead atoms. The van der Waals surface area contributed by atoms with E-state index in [1.54, 1.807) is 24.5 Å². The Labute approximate surface area is 119 Å². The highest BCUT2D eigenvalue weighted by molar-refractivity contribution is 7.22. The predicted molar refractivity (Wildman–Crippen MR) is 78.6 cm³/mol. The summed E-state index contributed by atoms with van der Waals surface area (Å²) in [5, 5.41) is 10.0. The second-order valence-corrected chi connectivity index (χ2v) is 5.30. The molecule has 0 spiro atoms. The molecule has 0 aliphatic rings. The van der Waals surface area contributed by atoms with Crippen LogP contribution in [0.25, 0.3) is 20.7 Å². The van der Waals surface area contributed by atoms with Gasteiger partial charge in [0, 0.05) is 16.3 Å². The first-order valence-corrected chi connectivity index (χ1v) is 6.77. The SMILES string of the molecule is COc1cccc2sc(-c3cc(C(=O)O)ccn3)cc12. The molecular formula is C15H11NO3S. The minimum absolute atomic E-state index is 0.236. The van der Waals surface area contributed by atoms with Crippen molar-refractivity contribution in [2.75, 3.05) is 7.11 Å². The van der Waals surface area contributed by atoms with Gasteiger partial charge in [-0.05, 0) is 30.3 Å². The molecule has 1 N–H and O–H groups in total. The molecule has 0 saturated heterocycles. The monoisotopic (exact) mass is 285 g/mol. The number of carboxylic acid groups (broad SMARTS) is 1. The van der Waals surface area contributed by atoms with Crippen molar-refractivity contribution in [1.29, 1.82) is 0 Å². The molecule has 0 radical (unpaired) electrons. The highest BCUT2D eigenvalue weighted by Gasteiger charge is 2.11. The minimum atomic E-state index is -0.952. The van der Waals surface area contributed by atoms with Crippen molar-refractivity contribution in [3.05, 3.63) is 48.2 Å². The van der Waals surface area contributed by atoms with Crippen LogP contribution < -0.4 is 4.74 Å². The number of ether oxygens (including phenoxy) is 1. The van der Waals surface area contributed by atoms with Gasteiger partial charge in [-0.15, -0.1) is 11.3 Å². The highest BCUT2D eigenvalue weighted by Crippen LogP contribution is 2.37. The first-order chi connectivity index (χ1) is 9.69. The average molecular weight is 285 g/mol. The Hall–Kier alpha value is -2.40. The standard InChI is InChI=1S/C15H11NO3S/c1-19-12-3-2-4-13-10(12)8-14(20-13)11-7-9(15(17)18)5-6-16-11/h2-8H,1H3,(H,17,18). The molecule has 0 unspecified atom stereocenters. The smallest absolute Gasteiger partial charge is 0.335 e. The number of pyridine rings is 1. The Balaban J connectivity index is 2.15. The van der Waals surface area contributed by atoms with E-state index < -0.39 is 5.97 Å². The molecule has 0 saturated carbocycles. The maximum atomic E-state index is 11.0. The number of aromatic carboxylic acids is 1. The third-order valence-electron chi connectivity index (χ3n) is 3.00. The van der Waals surface area contributed by atoms with Gasteiger partial charge in [-0.3, -0.25) is 4.98 Å². The molecule has 100 valence electrons. The van der Waals surface area contributed by atoms with Gasteiger partial charge in [0.1, 0.15) is 5.75 Å². The number of hydrogen-bond acceptors (Lipinski definition) is 4. The van der Waals surface area contributed by atoms with Crippen molar-refractivity contribution in [3.8, 4) is 16.3 Å². The molecule has 0 atom stereocenters. The summed E-state index contributed by atoms with van der Waals surface area (Å²) >= 11 is 1.56. The van der Waals surface area contributed by atoms with Crippen LogP contribution in [0.2, 0.25) is 0 Å². The number of thiophene rings is 1. The maximum absolute atomic E-state index is 11.0. The molecule has 0 aliphatic carbocycles. The molecule has 5 heteroatoms. The number of methoxy groups -OCH3 is 1. The number of nitrogens with zero attached hydrogens (tertiary/aromatic N) is 1. The molecular weight excluding hydrogens is 274 g/mol. The van der Waals surface area contributed by atoms with Gasteiger partial charge in [0.2, 0.25) is 0 Å². The van der Waals surface area contributed by atoms with E-state index in [0.29, 0.717) is 5.69 Å². The Morgan fingerprint density at radius 3 is 2.90 bits per heavy atom. The van der Waals surface area contributed by atoms with Crippen LogP contribution in [0.5, 0.6) is 5.75 Å². The van der Waals surface area contributed by atoms with Gasteiger partial charge in [-0.25, -0.2) is 4.79 Å². The van der Waals surface area contributed by atoms with Crippen molar-refractivity contribution in [2.24, 2.45) is 0 Å². The molecule has 3 aromatic rings. The predicted octanol–water partition coefficient (Wildman–Crippen LogP) is 3.67. The normalized spacial score (nSPS) is 10.7. The van der Waals surface area contributed by atoms with Crippen LogP contribution in [0.4, 0.5) is 0 Å². The van der Waals surface area contributed by atoms with E-state index >= 15 is 0 Å². The first kappa shape index (κ1) is 12.6. The summed E-state index contributed by atoms with van der Waals surface area (Å²) in [4.78, 5) is 16.2. The fourth-order valence-corrected chi connectivity index (χ4v) is 3.08. The Kier molecular flexibility index (Phi) is 3.12. The number of aromatic nitrogens is 1. The Morgan fingerprint density at radius 1 is 1.30 bits per heavy atom. The largest absolute Gasteiger partial charge is 0.496 e. The van der Waals surface area contributed by atoms with E-state index in [2.05, 4.69) is 4.98 Å². The lowest BCUT2D eigenvalue weighted by molar-refractivity contribution is 0.0697. The topological polar surface area (TPSA) is 59.4 Å². The summed E-state index contributed by atoms with van der Waals surface area (Å²) in [6.45, 7) is 0. The zero-order chi connectivity index (χ0) is 14.1. The van der Waals surface area contributed by atoms with Crippen LogP contribution in [0.1, 0.15) is 10.4 Å². The van der Waals surface area contributed by atoms with E-state index in [1.807, 2.05) is 24.3 Å². The Bertz CT molecular complexity index is 795. The number of carbonyl (C=O) groups is 1. The molecule has 0 fully saturated rings. The van der Waals surface area contributed by atoms with Crippen molar-refractivity contribution in [1.82, 2.24) is 4.98 Å². The summed E-state index contributed by atoms with van der Waals surface area (Å²) in [5.41, 5.74) is 0.896.